The third kappa shape index (κ3) is 1.81. The van der Waals surface area contributed by atoms with Gasteiger partial charge in [-0.2, -0.15) is 0 Å². The van der Waals surface area contributed by atoms with Crippen molar-refractivity contribution in [2.45, 2.75) is 45.4 Å². The van der Waals surface area contributed by atoms with E-state index in [1.165, 1.54) is 13.0 Å². The molecule has 0 spiro atoms. The highest BCUT2D eigenvalue weighted by atomic mass is 16.5. The van der Waals surface area contributed by atoms with Crippen LogP contribution in [0, 0.1) is 5.41 Å². The molecule has 1 saturated carbocycles. The lowest BCUT2D eigenvalue weighted by Crippen LogP contribution is -2.66. The lowest BCUT2D eigenvalue weighted by Gasteiger charge is -2.57. The van der Waals surface area contributed by atoms with Crippen LogP contribution in [0.15, 0.2) is 0 Å². The molecule has 1 heterocycles. The van der Waals surface area contributed by atoms with Gasteiger partial charge >= 0.3 is 0 Å². The summed E-state index contributed by atoms with van der Waals surface area (Å²) in [6.07, 6.45) is 1.65. The average molecular weight is 212 g/mol. The summed E-state index contributed by atoms with van der Waals surface area (Å²) >= 11 is 0. The Labute approximate surface area is 93.2 Å². The Morgan fingerprint density at radius 2 is 2.13 bits per heavy atom. The Balaban J connectivity index is 2.00. The average Bonchev–Trinajstić information content (AvgIpc) is 2.20. The summed E-state index contributed by atoms with van der Waals surface area (Å²) in [4.78, 5) is 2.66. The minimum Gasteiger partial charge on any atom is -0.381 e. The molecule has 0 radical (unpaired) electrons. The van der Waals surface area contributed by atoms with Crippen LogP contribution >= 0.6 is 0 Å². The molecule has 0 aromatic rings. The summed E-state index contributed by atoms with van der Waals surface area (Å²) in [5.41, 5.74) is 0.320. The predicted octanol–water partition coefficient (Wildman–Crippen LogP) is 1.09. The minimum atomic E-state index is 0.320. The second-order valence-corrected chi connectivity index (χ2v) is 5.59. The van der Waals surface area contributed by atoms with E-state index < -0.39 is 0 Å². The van der Waals surface area contributed by atoms with Crippen molar-refractivity contribution >= 4 is 0 Å². The molecule has 2 rings (SSSR count). The monoisotopic (exact) mass is 212 g/mol. The molecule has 2 aliphatic rings. The van der Waals surface area contributed by atoms with Crippen LogP contribution in [0.3, 0.4) is 0 Å². The third-order valence-electron chi connectivity index (χ3n) is 4.36. The Morgan fingerprint density at radius 3 is 2.67 bits per heavy atom. The first-order chi connectivity index (χ1) is 7.07. The molecule has 1 aliphatic heterocycles. The molecule has 3 nitrogen and oxygen atoms in total. The van der Waals surface area contributed by atoms with Gasteiger partial charge in [-0.15, -0.1) is 0 Å². The van der Waals surface area contributed by atoms with E-state index in [1.54, 1.807) is 0 Å². The largest absolute Gasteiger partial charge is 0.381 e. The first-order valence-electron chi connectivity index (χ1n) is 6.06. The number of piperazine rings is 1. The highest BCUT2D eigenvalue weighted by Gasteiger charge is 2.52. The maximum Gasteiger partial charge on any atom is 0.0652 e. The van der Waals surface area contributed by atoms with Crippen LogP contribution in [-0.4, -0.2) is 49.8 Å². The SMILES string of the molecule is COC1CC(N2CCNCC2C)C1(C)C. The van der Waals surface area contributed by atoms with Crippen molar-refractivity contribution in [1.82, 2.24) is 10.2 Å². The molecule has 1 aliphatic carbocycles. The van der Waals surface area contributed by atoms with Crippen molar-refractivity contribution in [3.05, 3.63) is 0 Å². The van der Waals surface area contributed by atoms with E-state index in [2.05, 4.69) is 31.0 Å². The van der Waals surface area contributed by atoms with Crippen LogP contribution in [0.5, 0.6) is 0 Å². The summed E-state index contributed by atoms with van der Waals surface area (Å²) in [5, 5.41) is 3.45. The standard InChI is InChI=1S/C12H24N2O/c1-9-8-13-5-6-14(9)10-7-11(15-4)12(10,2)3/h9-11,13H,5-8H2,1-4H3. The van der Waals surface area contributed by atoms with Gasteiger partial charge in [0.25, 0.3) is 0 Å². The van der Waals surface area contributed by atoms with E-state index in [1.807, 2.05) is 7.11 Å². The van der Waals surface area contributed by atoms with Crippen molar-refractivity contribution in [3.63, 3.8) is 0 Å². The van der Waals surface area contributed by atoms with Gasteiger partial charge in [-0.1, -0.05) is 13.8 Å². The molecule has 1 N–H and O–H groups in total. The van der Waals surface area contributed by atoms with Crippen LogP contribution in [0.25, 0.3) is 0 Å². The van der Waals surface area contributed by atoms with Crippen molar-refractivity contribution in [2.24, 2.45) is 5.41 Å². The van der Waals surface area contributed by atoms with Crippen molar-refractivity contribution < 1.29 is 4.74 Å². The van der Waals surface area contributed by atoms with Crippen molar-refractivity contribution in [3.8, 4) is 0 Å². The summed E-state index contributed by atoms with van der Waals surface area (Å²) in [6, 6.07) is 1.38. The highest BCUT2D eigenvalue weighted by Crippen LogP contribution is 2.46. The molecule has 15 heavy (non-hydrogen) atoms. The van der Waals surface area contributed by atoms with Gasteiger partial charge < -0.3 is 10.1 Å². The van der Waals surface area contributed by atoms with Crippen LogP contribution in [0.2, 0.25) is 0 Å². The number of rotatable bonds is 2. The van der Waals surface area contributed by atoms with Crippen LogP contribution in [-0.2, 0) is 4.74 Å². The summed E-state index contributed by atoms with van der Waals surface area (Å²) in [7, 11) is 1.84. The smallest absolute Gasteiger partial charge is 0.0652 e. The summed E-state index contributed by atoms with van der Waals surface area (Å²) in [6.45, 7) is 10.4. The van der Waals surface area contributed by atoms with Crippen molar-refractivity contribution in [2.75, 3.05) is 26.7 Å². The Kier molecular flexibility index (Phi) is 3.06. The van der Waals surface area contributed by atoms with Gasteiger partial charge in [-0.25, -0.2) is 0 Å². The summed E-state index contributed by atoms with van der Waals surface area (Å²) < 4.78 is 5.52. The lowest BCUT2D eigenvalue weighted by atomic mass is 9.63. The molecule has 0 aromatic carbocycles. The zero-order valence-electron chi connectivity index (χ0n) is 10.4. The molecule has 3 atom stereocenters. The number of methoxy groups -OCH3 is 1. The molecular weight excluding hydrogens is 188 g/mol. The number of hydrogen-bond donors (Lipinski definition) is 1. The molecule has 0 bridgehead atoms. The Bertz CT molecular complexity index is 230. The molecule has 2 fully saturated rings. The minimum absolute atomic E-state index is 0.320. The van der Waals surface area contributed by atoms with Gasteiger partial charge in [0.15, 0.2) is 0 Å². The van der Waals surface area contributed by atoms with Crippen LogP contribution < -0.4 is 5.32 Å². The Hall–Kier alpha value is -0.120. The molecule has 0 aromatic heterocycles. The summed E-state index contributed by atoms with van der Waals surface area (Å²) in [5.74, 6) is 0. The quantitative estimate of drug-likeness (QED) is 0.741. The predicted molar refractivity (Wildman–Crippen MR) is 62.0 cm³/mol. The number of ether oxygens (including phenoxy) is 1. The Morgan fingerprint density at radius 1 is 1.40 bits per heavy atom. The number of nitrogens with zero attached hydrogens (tertiary/aromatic N) is 1. The van der Waals surface area contributed by atoms with Crippen LogP contribution in [0.4, 0.5) is 0 Å². The lowest BCUT2D eigenvalue weighted by molar-refractivity contribution is -0.148. The van der Waals surface area contributed by atoms with Gasteiger partial charge in [-0.05, 0) is 13.3 Å². The van der Waals surface area contributed by atoms with E-state index in [0.29, 0.717) is 23.6 Å². The first-order valence-corrected chi connectivity index (χ1v) is 6.06. The van der Waals surface area contributed by atoms with E-state index in [0.717, 1.165) is 13.1 Å². The van der Waals surface area contributed by atoms with Gasteiger partial charge in [0, 0.05) is 44.2 Å². The molecular formula is C12H24N2O. The zero-order chi connectivity index (χ0) is 11.1. The van der Waals surface area contributed by atoms with Gasteiger partial charge in [0.1, 0.15) is 0 Å². The fourth-order valence-corrected chi connectivity index (χ4v) is 3.15. The van der Waals surface area contributed by atoms with Gasteiger partial charge in [0.2, 0.25) is 0 Å². The van der Waals surface area contributed by atoms with E-state index in [9.17, 15) is 0 Å². The van der Waals surface area contributed by atoms with Crippen LogP contribution in [0.1, 0.15) is 27.2 Å². The highest BCUT2D eigenvalue weighted by molar-refractivity contribution is 5.05. The van der Waals surface area contributed by atoms with E-state index >= 15 is 0 Å². The third-order valence-corrected chi connectivity index (χ3v) is 4.36. The molecule has 1 saturated heterocycles. The van der Waals surface area contributed by atoms with Gasteiger partial charge in [-0.3, -0.25) is 4.90 Å². The molecule has 0 amide bonds. The number of hydrogen-bond acceptors (Lipinski definition) is 3. The second kappa shape index (κ2) is 4.04. The molecule has 3 unspecified atom stereocenters. The van der Waals surface area contributed by atoms with E-state index in [4.69, 9.17) is 4.74 Å². The number of nitrogens with one attached hydrogen (secondary N) is 1. The molecule has 88 valence electrons. The van der Waals surface area contributed by atoms with Gasteiger partial charge in [0.05, 0.1) is 6.10 Å². The molecule has 3 heteroatoms. The fourth-order valence-electron chi connectivity index (χ4n) is 3.15. The second-order valence-electron chi connectivity index (χ2n) is 5.59. The van der Waals surface area contributed by atoms with E-state index in [-0.39, 0.29) is 0 Å². The zero-order valence-corrected chi connectivity index (χ0v) is 10.4. The fraction of sp³-hybridized carbons (Fsp3) is 1.00. The first kappa shape index (κ1) is 11.4. The topological polar surface area (TPSA) is 24.5 Å². The normalized spacial score (nSPS) is 41.2. The van der Waals surface area contributed by atoms with Crippen molar-refractivity contribution in [1.29, 1.82) is 0 Å². The maximum atomic E-state index is 5.52. The maximum absolute atomic E-state index is 5.52.